The van der Waals surface area contributed by atoms with Crippen LogP contribution in [0.4, 0.5) is 0 Å². The molecule has 0 N–H and O–H groups in total. The van der Waals surface area contributed by atoms with E-state index < -0.39 is 0 Å². The van der Waals surface area contributed by atoms with Gasteiger partial charge in [-0.05, 0) is 68.1 Å². The summed E-state index contributed by atoms with van der Waals surface area (Å²) in [7, 11) is 0. The van der Waals surface area contributed by atoms with Crippen LogP contribution in [-0.2, 0) is 0 Å². The largest absolute Gasteiger partial charge is 0.0999 e. The maximum Gasteiger partial charge on any atom is -0.0175 e. The minimum atomic E-state index is 0.814. The lowest BCUT2D eigenvalue weighted by Gasteiger charge is -2.45. The Morgan fingerprint density at radius 3 is 1.94 bits per heavy atom. The number of hydrogen-bond acceptors (Lipinski definition) is 0. The second-order valence-electron chi connectivity index (χ2n) is 7.59. The maximum absolute atomic E-state index is 4.30. The van der Waals surface area contributed by atoms with E-state index in [1.165, 1.54) is 44.1 Å². The van der Waals surface area contributed by atoms with Gasteiger partial charge in [-0.25, -0.2) is 0 Å². The molecule has 18 heavy (non-hydrogen) atoms. The molecular weight excluding hydrogens is 216 g/mol. The van der Waals surface area contributed by atoms with Crippen molar-refractivity contribution in [3.63, 3.8) is 0 Å². The second-order valence-corrected chi connectivity index (χ2v) is 7.59. The highest BCUT2D eigenvalue weighted by Crippen LogP contribution is 2.48. The van der Waals surface area contributed by atoms with Crippen molar-refractivity contribution in [2.45, 2.75) is 66.2 Å². The molecule has 0 saturated heterocycles. The summed E-state index contributed by atoms with van der Waals surface area (Å²) in [6.07, 6.45) is 8.71. The minimum Gasteiger partial charge on any atom is -0.0999 e. The standard InChI is InChI=1S/C18H32/c1-12(2)18-11-14(4)7-9-17(18)16-8-6-13(3)10-15(16)5/h13-18H,1,6-11H2,2-5H3. The van der Waals surface area contributed by atoms with E-state index in [1.54, 1.807) is 0 Å². The van der Waals surface area contributed by atoms with Gasteiger partial charge in [0.1, 0.15) is 0 Å². The molecule has 6 unspecified atom stereocenters. The molecule has 0 spiro atoms. The molecule has 2 saturated carbocycles. The Morgan fingerprint density at radius 2 is 1.39 bits per heavy atom. The quantitative estimate of drug-likeness (QED) is 0.551. The van der Waals surface area contributed by atoms with E-state index in [-0.39, 0.29) is 0 Å². The SMILES string of the molecule is C=C(C)C1CC(C)CCC1C1CCC(C)CC1C. The van der Waals surface area contributed by atoms with Crippen LogP contribution in [0.3, 0.4) is 0 Å². The first kappa shape index (κ1) is 14.2. The van der Waals surface area contributed by atoms with E-state index in [1.807, 2.05) is 0 Å². The van der Waals surface area contributed by atoms with Crippen LogP contribution >= 0.6 is 0 Å². The monoisotopic (exact) mass is 248 g/mol. The summed E-state index contributed by atoms with van der Waals surface area (Å²) in [5.41, 5.74) is 1.46. The van der Waals surface area contributed by atoms with Crippen molar-refractivity contribution < 1.29 is 0 Å². The molecule has 104 valence electrons. The third-order valence-corrected chi connectivity index (χ3v) is 5.85. The highest BCUT2D eigenvalue weighted by Gasteiger charge is 2.38. The van der Waals surface area contributed by atoms with Crippen molar-refractivity contribution in [1.82, 2.24) is 0 Å². The highest BCUT2D eigenvalue weighted by atomic mass is 14.4. The Labute approximate surface area is 114 Å². The van der Waals surface area contributed by atoms with E-state index >= 15 is 0 Å². The highest BCUT2D eigenvalue weighted by molar-refractivity contribution is 5.03. The van der Waals surface area contributed by atoms with Crippen molar-refractivity contribution in [3.05, 3.63) is 12.2 Å². The van der Waals surface area contributed by atoms with Gasteiger partial charge in [-0.15, -0.1) is 0 Å². The third kappa shape index (κ3) is 3.00. The predicted octanol–water partition coefficient (Wildman–Crippen LogP) is 5.69. The van der Waals surface area contributed by atoms with Gasteiger partial charge in [0.05, 0.1) is 0 Å². The van der Waals surface area contributed by atoms with Crippen LogP contribution in [0.25, 0.3) is 0 Å². The number of hydrogen-bond donors (Lipinski definition) is 0. The van der Waals surface area contributed by atoms with Gasteiger partial charge in [-0.1, -0.05) is 45.8 Å². The molecule has 2 aliphatic carbocycles. The van der Waals surface area contributed by atoms with Gasteiger partial charge >= 0.3 is 0 Å². The first-order valence-corrected chi connectivity index (χ1v) is 8.14. The van der Waals surface area contributed by atoms with E-state index in [9.17, 15) is 0 Å². The van der Waals surface area contributed by atoms with Gasteiger partial charge in [0, 0.05) is 0 Å². The Balaban J connectivity index is 2.07. The summed E-state index contributed by atoms with van der Waals surface area (Å²) >= 11 is 0. The van der Waals surface area contributed by atoms with Gasteiger partial charge in [-0.3, -0.25) is 0 Å². The molecule has 0 nitrogen and oxygen atoms in total. The molecule has 2 fully saturated rings. The zero-order valence-corrected chi connectivity index (χ0v) is 12.9. The molecule has 0 bridgehead atoms. The van der Waals surface area contributed by atoms with Gasteiger partial charge in [0.2, 0.25) is 0 Å². The fraction of sp³-hybridized carbons (Fsp3) is 0.889. The Hall–Kier alpha value is -0.260. The molecule has 0 aromatic heterocycles. The van der Waals surface area contributed by atoms with Crippen LogP contribution < -0.4 is 0 Å². The fourth-order valence-corrected chi connectivity index (χ4v) is 4.81. The molecule has 2 rings (SSSR count). The van der Waals surface area contributed by atoms with E-state index in [4.69, 9.17) is 0 Å². The summed E-state index contributed by atoms with van der Waals surface area (Å²) in [6, 6.07) is 0. The predicted molar refractivity (Wildman–Crippen MR) is 80.5 cm³/mol. The minimum absolute atomic E-state index is 0.814. The van der Waals surface area contributed by atoms with E-state index in [0.717, 1.165) is 35.5 Å². The summed E-state index contributed by atoms with van der Waals surface area (Å²) < 4.78 is 0. The van der Waals surface area contributed by atoms with Gasteiger partial charge in [-0.2, -0.15) is 0 Å². The summed E-state index contributed by atoms with van der Waals surface area (Å²) in [5.74, 6) is 5.56. The normalized spacial score (nSPS) is 45.8. The van der Waals surface area contributed by atoms with Crippen LogP contribution in [0.15, 0.2) is 12.2 Å². The van der Waals surface area contributed by atoms with Crippen molar-refractivity contribution >= 4 is 0 Å². The van der Waals surface area contributed by atoms with Gasteiger partial charge in [0.15, 0.2) is 0 Å². The molecule has 2 aliphatic rings. The number of rotatable bonds is 2. The first-order valence-electron chi connectivity index (χ1n) is 8.14. The van der Waals surface area contributed by atoms with E-state index in [2.05, 4.69) is 34.3 Å². The summed E-state index contributed by atoms with van der Waals surface area (Å²) in [4.78, 5) is 0. The molecular formula is C18H32. The van der Waals surface area contributed by atoms with Crippen molar-refractivity contribution in [2.75, 3.05) is 0 Å². The van der Waals surface area contributed by atoms with Gasteiger partial charge in [0.25, 0.3) is 0 Å². The summed E-state index contributed by atoms with van der Waals surface area (Å²) in [6.45, 7) is 13.9. The zero-order valence-electron chi connectivity index (χ0n) is 12.9. The second kappa shape index (κ2) is 5.80. The van der Waals surface area contributed by atoms with Crippen LogP contribution in [0.1, 0.15) is 66.2 Å². The Kier molecular flexibility index (Phi) is 4.56. The topological polar surface area (TPSA) is 0 Å². The average Bonchev–Trinajstić information content (AvgIpc) is 2.29. The first-order chi connectivity index (χ1) is 8.49. The molecule has 0 radical (unpaired) electrons. The third-order valence-electron chi connectivity index (χ3n) is 5.85. The number of allylic oxidation sites excluding steroid dienone is 1. The lowest BCUT2D eigenvalue weighted by molar-refractivity contribution is 0.0723. The smallest absolute Gasteiger partial charge is 0.0175 e. The zero-order chi connectivity index (χ0) is 13.3. The van der Waals surface area contributed by atoms with Crippen molar-refractivity contribution in [1.29, 1.82) is 0 Å². The van der Waals surface area contributed by atoms with Crippen molar-refractivity contribution in [3.8, 4) is 0 Å². The van der Waals surface area contributed by atoms with E-state index in [0.29, 0.717) is 0 Å². The molecule has 0 heteroatoms. The molecule has 0 heterocycles. The molecule has 6 atom stereocenters. The average molecular weight is 248 g/mol. The lowest BCUT2D eigenvalue weighted by Crippen LogP contribution is -2.36. The molecule has 0 amide bonds. The van der Waals surface area contributed by atoms with Crippen LogP contribution in [0, 0.1) is 35.5 Å². The van der Waals surface area contributed by atoms with Crippen LogP contribution in [0.5, 0.6) is 0 Å². The molecule has 0 aromatic carbocycles. The lowest BCUT2D eigenvalue weighted by atomic mass is 9.60. The Bertz CT molecular complexity index is 290. The fourth-order valence-electron chi connectivity index (χ4n) is 4.81. The van der Waals surface area contributed by atoms with Crippen molar-refractivity contribution in [2.24, 2.45) is 35.5 Å². The molecule has 0 aromatic rings. The maximum atomic E-state index is 4.30. The Morgan fingerprint density at radius 1 is 0.833 bits per heavy atom. The van der Waals surface area contributed by atoms with Gasteiger partial charge < -0.3 is 0 Å². The van der Waals surface area contributed by atoms with Crippen LogP contribution in [0.2, 0.25) is 0 Å². The van der Waals surface area contributed by atoms with Crippen LogP contribution in [-0.4, -0.2) is 0 Å². The summed E-state index contributed by atoms with van der Waals surface area (Å²) in [5, 5.41) is 0. The molecule has 0 aliphatic heterocycles.